The van der Waals surface area contributed by atoms with Gasteiger partial charge < -0.3 is 4.74 Å². The summed E-state index contributed by atoms with van der Waals surface area (Å²) in [5.41, 5.74) is 3.11. The second kappa shape index (κ2) is 9.88. The van der Waals surface area contributed by atoms with E-state index in [1.165, 1.54) is 0 Å². The Bertz CT molecular complexity index is 1370. The second-order valence-electron chi connectivity index (χ2n) is 17.5. The Labute approximate surface area is 260 Å². The Balaban J connectivity index is 1.43. The van der Waals surface area contributed by atoms with E-state index in [2.05, 4.69) is 71.7 Å². The summed E-state index contributed by atoms with van der Waals surface area (Å²) >= 11 is 0. The molecule has 4 saturated carbocycles. The van der Waals surface area contributed by atoms with Crippen LogP contribution in [0.15, 0.2) is 41.7 Å². The topological polar surface area (TPSA) is 56.3 Å². The molecule has 5 aliphatic rings. The first-order valence-electron chi connectivity index (χ1n) is 17.1. The lowest BCUT2D eigenvalue weighted by atomic mass is 9.33. The lowest BCUT2D eigenvalue weighted by Crippen LogP contribution is -2.65. The van der Waals surface area contributed by atoms with E-state index in [0.29, 0.717) is 17.6 Å². The average molecular weight is 586 g/mol. The molecule has 6 rings (SSSR count). The first-order chi connectivity index (χ1) is 20.0. The maximum atomic E-state index is 14.0. The fourth-order valence-electron chi connectivity index (χ4n) is 11.6. The van der Waals surface area contributed by atoms with Crippen molar-refractivity contribution in [2.24, 2.45) is 50.2 Å². The third-order valence-corrected chi connectivity index (χ3v) is 14.0. The Morgan fingerprint density at radius 2 is 1.72 bits per heavy atom. The lowest BCUT2D eigenvalue weighted by Gasteiger charge is -2.70. The number of ether oxygens (including phenoxy) is 1. The van der Waals surface area contributed by atoms with E-state index in [0.717, 1.165) is 68.9 Å². The molecule has 1 heterocycles. The minimum atomic E-state index is -0.400. The number of hydrogen-bond donors (Lipinski definition) is 0. The number of carbonyl (C=O) groups is 2. The maximum Gasteiger partial charge on any atom is 0.312 e. The van der Waals surface area contributed by atoms with Crippen LogP contribution in [0.4, 0.5) is 0 Å². The molecule has 0 N–H and O–H groups in total. The highest BCUT2D eigenvalue weighted by Gasteiger charge is 2.69. The summed E-state index contributed by atoms with van der Waals surface area (Å²) in [5, 5.41) is 0. The van der Waals surface area contributed by atoms with Gasteiger partial charge in [-0.25, -0.2) is 0 Å². The van der Waals surface area contributed by atoms with Crippen molar-refractivity contribution >= 4 is 17.8 Å². The van der Waals surface area contributed by atoms with Crippen molar-refractivity contribution in [3.63, 3.8) is 0 Å². The Morgan fingerprint density at radius 1 is 1.00 bits per heavy atom. The molecular formula is C39H55NO3. The Hall–Kier alpha value is -2.23. The van der Waals surface area contributed by atoms with Crippen LogP contribution in [0.5, 0.6) is 0 Å². The molecule has 0 unspecified atom stereocenters. The van der Waals surface area contributed by atoms with Crippen molar-refractivity contribution in [2.75, 3.05) is 0 Å². The number of aromatic nitrogens is 1. The monoisotopic (exact) mass is 585 g/mol. The molecule has 234 valence electrons. The zero-order chi connectivity index (χ0) is 31.2. The third-order valence-electron chi connectivity index (χ3n) is 14.0. The van der Waals surface area contributed by atoms with E-state index >= 15 is 0 Å². The molecule has 0 amide bonds. The van der Waals surface area contributed by atoms with Gasteiger partial charge in [0.25, 0.3) is 0 Å². The van der Waals surface area contributed by atoms with Gasteiger partial charge in [-0.2, -0.15) is 0 Å². The molecule has 0 saturated heterocycles. The zero-order valence-corrected chi connectivity index (χ0v) is 28.3. The van der Waals surface area contributed by atoms with Gasteiger partial charge in [0.1, 0.15) is 0 Å². The summed E-state index contributed by atoms with van der Waals surface area (Å²) in [4.78, 5) is 32.3. The zero-order valence-electron chi connectivity index (χ0n) is 28.3. The molecule has 0 aliphatic heterocycles. The van der Waals surface area contributed by atoms with Crippen LogP contribution in [0.3, 0.4) is 0 Å². The van der Waals surface area contributed by atoms with E-state index in [1.54, 1.807) is 11.8 Å². The molecule has 4 fully saturated rings. The standard InChI is InChI=1S/C39H55NO3/c1-25(2)43-33(42)39-18-16-34(3,4)23-29(39)28-12-13-31-36(7)22-27(21-26-11-10-20-40-24-26)32(41)35(5,6)30(36)14-15-38(31,9)37(28,8)17-19-39/h10-12,20-21,24-25,29-31H,13-19,22-23H2,1-9H3/b27-21-/t29-,30-,31+,36-,37+,38+,39-/m0/s1. The summed E-state index contributed by atoms with van der Waals surface area (Å²) < 4.78 is 6.03. The second-order valence-corrected chi connectivity index (χ2v) is 17.5. The van der Waals surface area contributed by atoms with Crippen LogP contribution in [0, 0.1) is 50.2 Å². The number of allylic oxidation sites excluding steroid dienone is 3. The summed E-state index contributed by atoms with van der Waals surface area (Å²) in [6, 6.07) is 4.01. The van der Waals surface area contributed by atoms with Crippen molar-refractivity contribution in [3.8, 4) is 0 Å². The molecule has 5 aliphatic carbocycles. The van der Waals surface area contributed by atoms with Gasteiger partial charge in [-0.1, -0.05) is 66.2 Å². The molecule has 0 spiro atoms. The van der Waals surface area contributed by atoms with E-state index in [4.69, 9.17) is 4.74 Å². The molecule has 43 heavy (non-hydrogen) atoms. The molecule has 4 heteroatoms. The highest BCUT2D eigenvalue weighted by molar-refractivity contribution is 6.04. The number of carbonyl (C=O) groups excluding carboxylic acids is 2. The SMILES string of the molecule is CC(C)OC(=O)[C@]12CCC(C)(C)C[C@H]1C1=CC[C@@H]3[C@@]4(C)C/C(=C/c5cccnc5)C(=O)C(C)(C)[C@@H]4CC[C@@]3(C)[C@]1(C)CC2. The maximum absolute atomic E-state index is 14.0. The fraction of sp³-hybridized carbons (Fsp3) is 0.718. The lowest BCUT2D eigenvalue weighted by molar-refractivity contribution is -0.188. The first kappa shape index (κ1) is 30.8. The molecule has 1 aromatic heterocycles. The highest BCUT2D eigenvalue weighted by atomic mass is 16.5. The number of esters is 1. The van der Waals surface area contributed by atoms with Crippen LogP contribution in [0.25, 0.3) is 6.08 Å². The number of fused-ring (bicyclic) bond motifs is 7. The van der Waals surface area contributed by atoms with E-state index in [-0.39, 0.29) is 39.7 Å². The molecular weight excluding hydrogens is 530 g/mol. The minimum absolute atomic E-state index is 0.0143. The number of pyridine rings is 1. The largest absolute Gasteiger partial charge is 0.463 e. The van der Waals surface area contributed by atoms with Gasteiger partial charge in [0, 0.05) is 17.8 Å². The fourth-order valence-corrected chi connectivity index (χ4v) is 11.6. The molecule has 4 nitrogen and oxygen atoms in total. The van der Waals surface area contributed by atoms with Crippen molar-refractivity contribution < 1.29 is 14.3 Å². The van der Waals surface area contributed by atoms with Crippen molar-refractivity contribution in [1.29, 1.82) is 0 Å². The third kappa shape index (κ3) is 4.38. The van der Waals surface area contributed by atoms with Gasteiger partial charge in [-0.05, 0) is 134 Å². The minimum Gasteiger partial charge on any atom is -0.463 e. The molecule has 0 bridgehead atoms. The van der Waals surface area contributed by atoms with Gasteiger partial charge in [0.2, 0.25) is 0 Å². The van der Waals surface area contributed by atoms with Crippen molar-refractivity contribution in [3.05, 3.63) is 47.3 Å². The van der Waals surface area contributed by atoms with Gasteiger partial charge in [0.05, 0.1) is 11.5 Å². The average Bonchev–Trinajstić information content (AvgIpc) is 2.92. The van der Waals surface area contributed by atoms with E-state index < -0.39 is 10.8 Å². The van der Waals surface area contributed by atoms with Gasteiger partial charge >= 0.3 is 5.97 Å². The van der Waals surface area contributed by atoms with Crippen LogP contribution < -0.4 is 0 Å². The normalized spacial score (nSPS) is 42.3. The summed E-state index contributed by atoms with van der Waals surface area (Å²) in [6.07, 6.45) is 17.4. The van der Waals surface area contributed by atoms with Crippen LogP contribution in [0.2, 0.25) is 0 Å². The number of Topliss-reactive ketones (excluding diaryl/α,β-unsaturated/α-hetero) is 1. The van der Waals surface area contributed by atoms with Crippen LogP contribution >= 0.6 is 0 Å². The number of ketones is 1. The van der Waals surface area contributed by atoms with Crippen LogP contribution in [-0.2, 0) is 14.3 Å². The highest BCUT2D eigenvalue weighted by Crippen LogP contribution is 2.76. The predicted molar refractivity (Wildman–Crippen MR) is 173 cm³/mol. The molecule has 0 radical (unpaired) electrons. The Kier molecular flexibility index (Phi) is 7.08. The number of hydrogen-bond acceptors (Lipinski definition) is 4. The first-order valence-corrected chi connectivity index (χ1v) is 17.1. The summed E-state index contributed by atoms with van der Waals surface area (Å²) in [5.74, 6) is 1.44. The van der Waals surface area contributed by atoms with Gasteiger partial charge in [-0.15, -0.1) is 0 Å². The number of rotatable bonds is 3. The van der Waals surface area contributed by atoms with Gasteiger partial charge in [-0.3, -0.25) is 14.6 Å². The quantitative estimate of drug-likeness (QED) is 0.201. The molecule has 0 aromatic carbocycles. The van der Waals surface area contributed by atoms with Crippen LogP contribution in [0.1, 0.15) is 126 Å². The van der Waals surface area contributed by atoms with E-state index in [9.17, 15) is 9.59 Å². The predicted octanol–water partition coefficient (Wildman–Crippen LogP) is 9.40. The smallest absolute Gasteiger partial charge is 0.312 e. The van der Waals surface area contributed by atoms with Crippen molar-refractivity contribution in [2.45, 2.75) is 126 Å². The van der Waals surface area contributed by atoms with Gasteiger partial charge in [0.15, 0.2) is 5.78 Å². The summed E-state index contributed by atoms with van der Waals surface area (Å²) in [7, 11) is 0. The molecule has 7 atom stereocenters. The molecule has 1 aromatic rings. The van der Waals surface area contributed by atoms with E-state index in [1.807, 2.05) is 26.1 Å². The summed E-state index contributed by atoms with van der Waals surface area (Å²) in [6.45, 7) is 20.9. The number of nitrogens with zero attached hydrogens (tertiary/aromatic N) is 1. The van der Waals surface area contributed by atoms with Crippen LogP contribution in [-0.4, -0.2) is 22.8 Å². The van der Waals surface area contributed by atoms with Crippen molar-refractivity contribution in [1.82, 2.24) is 4.98 Å². The Morgan fingerprint density at radius 3 is 2.40 bits per heavy atom.